The molecule has 4 aromatic rings. The van der Waals surface area contributed by atoms with Crippen molar-refractivity contribution in [3.63, 3.8) is 0 Å². The molecule has 0 radical (unpaired) electrons. The largest absolute Gasteiger partial charge is 0.319 e. The summed E-state index contributed by atoms with van der Waals surface area (Å²) in [5, 5.41) is 0. The van der Waals surface area contributed by atoms with Crippen molar-refractivity contribution in [2.24, 2.45) is 0 Å². The second kappa shape index (κ2) is 5.35. The number of hydrogen-bond acceptors (Lipinski definition) is 3. The van der Waals surface area contributed by atoms with Gasteiger partial charge in [-0.05, 0) is 18.2 Å². The summed E-state index contributed by atoms with van der Waals surface area (Å²) >= 11 is 1.53. The molecule has 108 valence electrons. The molecule has 0 aliphatic rings. The maximum Gasteiger partial charge on any atom is 0.153 e. The molecule has 0 bridgehead atoms. The SMILES string of the molecule is Fc1ccccc1Cn1c(-c2cncs2)nc2ccccc21. The van der Waals surface area contributed by atoms with Gasteiger partial charge in [-0.1, -0.05) is 30.3 Å². The van der Waals surface area contributed by atoms with E-state index in [-0.39, 0.29) is 5.82 Å². The summed E-state index contributed by atoms with van der Waals surface area (Å²) in [6.07, 6.45) is 1.80. The lowest BCUT2D eigenvalue weighted by molar-refractivity contribution is 0.602. The highest BCUT2D eigenvalue weighted by Crippen LogP contribution is 2.28. The van der Waals surface area contributed by atoms with E-state index in [1.807, 2.05) is 34.9 Å². The summed E-state index contributed by atoms with van der Waals surface area (Å²) in [5.74, 6) is 0.627. The normalized spacial score (nSPS) is 11.1. The van der Waals surface area contributed by atoms with Crippen molar-refractivity contribution in [1.29, 1.82) is 0 Å². The van der Waals surface area contributed by atoms with Gasteiger partial charge in [-0.15, -0.1) is 11.3 Å². The Morgan fingerprint density at radius 3 is 2.68 bits per heavy atom. The van der Waals surface area contributed by atoms with E-state index in [0.29, 0.717) is 12.1 Å². The Kier molecular flexibility index (Phi) is 3.20. The van der Waals surface area contributed by atoms with Crippen molar-refractivity contribution >= 4 is 22.4 Å². The standard InChI is InChI=1S/C17H12FN3S/c18-13-6-2-1-5-12(13)10-21-15-8-4-3-7-14(15)20-17(21)16-9-19-11-22-16/h1-9,11H,10H2. The first-order valence-electron chi connectivity index (χ1n) is 6.90. The smallest absolute Gasteiger partial charge is 0.153 e. The highest BCUT2D eigenvalue weighted by molar-refractivity contribution is 7.13. The van der Waals surface area contributed by atoms with Gasteiger partial charge >= 0.3 is 0 Å². The average molecular weight is 309 g/mol. The van der Waals surface area contributed by atoms with Crippen LogP contribution in [0.5, 0.6) is 0 Å². The molecule has 3 nitrogen and oxygen atoms in total. The maximum atomic E-state index is 14.0. The highest BCUT2D eigenvalue weighted by atomic mass is 32.1. The van der Waals surface area contributed by atoms with Gasteiger partial charge in [0.1, 0.15) is 5.82 Å². The van der Waals surface area contributed by atoms with Crippen molar-refractivity contribution in [3.8, 4) is 10.7 Å². The van der Waals surface area contributed by atoms with Crippen molar-refractivity contribution in [2.75, 3.05) is 0 Å². The van der Waals surface area contributed by atoms with Crippen molar-refractivity contribution in [1.82, 2.24) is 14.5 Å². The molecule has 0 fully saturated rings. The molecule has 0 aliphatic heterocycles. The number of halogens is 1. The van der Waals surface area contributed by atoms with Crippen LogP contribution in [0.15, 0.2) is 60.2 Å². The Morgan fingerprint density at radius 2 is 1.86 bits per heavy atom. The predicted octanol–water partition coefficient (Wildman–Crippen LogP) is 4.35. The van der Waals surface area contributed by atoms with E-state index in [0.717, 1.165) is 21.7 Å². The molecule has 0 spiro atoms. The summed E-state index contributed by atoms with van der Waals surface area (Å²) in [4.78, 5) is 9.80. The highest BCUT2D eigenvalue weighted by Gasteiger charge is 2.15. The molecule has 2 aromatic carbocycles. The Balaban J connectivity index is 1.91. The molecule has 0 N–H and O–H groups in total. The minimum absolute atomic E-state index is 0.199. The molecule has 0 amide bonds. The number of benzene rings is 2. The van der Waals surface area contributed by atoms with Crippen LogP contribution in [0.2, 0.25) is 0 Å². The third kappa shape index (κ3) is 2.19. The quantitative estimate of drug-likeness (QED) is 0.563. The monoisotopic (exact) mass is 309 g/mol. The summed E-state index contributed by atoms with van der Waals surface area (Å²) in [6, 6.07) is 14.8. The molecule has 2 heterocycles. The lowest BCUT2D eigenvalue weighted by Crippen LogP contribution is -2.03. The third-order valence-corrected chi connectivity index (χ3v) is 4.36. The first kappa shape index (κ1) is 13.2. The summed E-state index contributed by atoms with van der Waals surface area (Å²) in [7, 11) is 0. The second-order valence-corrected chi connectivity index (χ2v) is 5.85. The van der Waals surface area contributed by atoms with Crippen LogP contribution in [0.25, 0.3) is 21.7 Å². The Bertz CT molecular complexity index is 928. The number of thiazole rings is 1. The molecule has 2 aromatic heterocycles. The van der Waals surface area contributed by atoms with Gasteiger partial charge in [0.15, 0.2) is 5.82 Å². The molecule has 4 rings (SSSR count). The zero-order chi connectivity index (χ0) is 14.9. The van der Waals surface area contributed by atoms with Crippen LogP contribution in [0.4, 0.5) is 4.39 Å². The fraction of sp³-hybridized carbons (Fsp3) is 0.0588. The van der Waals surface area contributed by atoms with Crippen LogP contribution in [0.1, 0.15) is 5.56 Å². The fourth-order valence-electron chi connectivity index (χ4n) is 2.55. The first-order chi connectivity index (χ1) is 10.8. The molecule has 0 aliphatic carbocycles. The molecule has 0 atom stereocenters. The van der Waals surface area contributed by atoms with E-state index in [1.165, 1.54) is 17.4 Å². The summed E-state index contributed by atoms with van der Waals surface area (Å²) in [6.45, 7) is 0.445. The zero-order valence-corrected chi connectivity index (χ0v) is 12.4. The number of hydrogen-bond donors (Lipinski definition) is 0. The van der Waals surface area contributed by atoms with E-state index in [2.05, 4.69) is 4.98 Å². The van der Waals surface area contributed by atoms with E-state index < -0.39 is 0 Å². The fourth-order valence-corrected chi connectivity index (χ4v) is 3.17. The molecule has 5 heteroatoms. The molecular weight excluding hydrogens is 297 g/mol. The van der Waals surface area contributed by atoms with Gasteiger partial charge in [0, 0.05) is 11.8 Å². The van der Waals surface area contributed by atoms with Gasteiger partial charge in [0.2, 0.25) is 0 Å². The van der Waals surface area contributed by atoms with Crippen molar-refractivity contribution < 1.29 is 4.39 Å². The van der Waals surface area contributed by atoms with Crippen molar-refractivity contribution in [3.05, 3.63) is 71.6 Å². The number of rotatable bonds is 3. The molecular formula is C17H12FN3S. The van der Waals surface area contributed by atoms with Gasteiger partial charge < -0.3 is 4.57 Å². The molecule has 0 unspecified atom stereocenters. The Hall–Kier alpha value is -2.53. The molecule has 0 saturated heterocycles. The molecule has 22 heavy (non-hydrogen) atoms. The Morgan fingerprint density at radius 1 is 1.05 bits per heavy atom. The third-order valence-electron chi connectivity index (χ3n) is 3.59. The van der Waals surface area contributed by atoms with Gasteiger partial charge in [-0.2, -0.15) is 0 Å². The number of para-hydroxylation sites is 2. The van der Waals surface area contributed by atoms with E-state index in [9.17, 15) is 4.39 Å². The number of aromatic nitrogens is 3. The van der Waals surface area contributed by atoms with Crippen LogP contribution in [-0.2, 0) is 6.54 Å². The van der Waals surface area contributed by atoms with Crippen LogP contribution >= 0.6 is 11.3 Å². The van der Waals surface area contributed by atoms with Crippen molar-refractivity contribution in [2.45, 2.75) is 6.54 Å². The minimum Gasteiger partial charge on any atom is -0.319 e. The van der Waals surface area contributed by atoms with E-state index in [1.54, 1.807) is 23.8 Å². The minimum atomic E-state index is -0.199. The average Bonchev–Trinajstić information content (AvgIpc) is 3.17. The zero-order valence-electron chi connectivity index (χ0n) is 11.6. The van der Waals surface area contributed by atoms with Gasteiger partial charge in [0.25, 0.3) is 0 Å². The van der Waals surface area contributed by atoms with Gasteiger partial charge in [-0.25, -0.2) is 9.37 Å². The molecule has 0 saturated carbocycles. The van der Waals surface area contributed by atoms with Crippen LogP contribution < -0.4 is 0 Å². The van der Waals surface area contributed by atoms with Gasteiger partial charge in [0.05, 0.1) is 28.0 Å². The lowest BCUT2D eigenvalue weighted by atomic mass is 10.2. The van der Waals surface area contributed by atoms with Gasteiger partial charge in [-0.3, -0.25) is 4.98 Å². The van der Waals surface area contributed by atoms with Crippen LogP contribution in [0, 0.1) is 5.82 Å². The number of nitrogens with zero attached hydrogens (tertiary/aromatic N) is 3. The van der Waals surface area contributed by atoms with Crippen LogP contribution in [-0.4, -0.2) is 14.5 Å². The first-order valence-corrected chi connectivity index (χ1v) is 7.78. The summed E-state index contributed by atoms with van der Waals surface area (Å²) < 4.78 is 16.1. The van der Waals surface area contributed by atoms with Crippen LogP contribution in [0.3, 0.4) is 0 Å². The summed E-state index contributed by atoms with van der Waals surface area (Å²) in [5.41, 5.74) is 4.33. The second-order valence-electron chi connectivity index (χ2n) is 4.97. The van der Waals surface area contributed by atoms with E-state index >= 15 is 0 Å². The maximum absolute atomic E-state index is 14.0. The number of fused-ring (bicyclic) bond motifs is 1. The Labute approximate surface area is 130 Å². The van der Waals surface area contributed by atoms with E-state index in [4.69, 9.17) is 4.98 Å². The predicted molar refractivity (Wildman–Crippen MR) is 86.3 cm³/mol. The topological polar surface area (TPSA) is 30.7 Å². The lowest BCUT2D eigenvalue weighted by Gasteiger charge is -2.09. The number of imidazole rings is 1.